The highest BCUT2D eigenvalue weighted by Crippen LogP contribution is 2.34. The van der Waals surface area contributed by atoms with Gasteiger partial charge in [0.1, 0.15) is 13.1 Å². The van der Waals surface area contributed by atoms with E-state index >= 15 is 0 Å². The molecule has 0 N–H and O–H groups in total. The van der Waals surface area contributed by atoms with Gasteiger partial charge in [-0.1, -0.05) is 156 Å². The zero-order valence-electron chi connectivity index (χ0n) is 21.5. The van der Waals surface area contributed by atoms with Gasteiger partial charge in [-0.2, -0.15) is 21.1 Å². The molecule has 0 aromatic heterocycles. The smallest absolute Gasteiger partial charge is 0.134 e. The van der Waals surface area contributed by atoms with Crippen molar-refractivity contribution in [3.63, 3.8) is 0 Å². The van der Waals surface area contributed by atoms with Crippen LogP contribution in [0.15, 0.2) is 0 Å². The van der Waals surface area contributed by atoms with Gasteiger partial charge in [0.15, 0.2) is 0 Å². The normalized spacial score (nSPS) is 12.0. The predicted molar refractivity (Wildman–Crippen MR) is 140 cm³/mol. The van der Waals surface area contributed by atoms with Crippen LogP contribution < -0.4 is 0 Å². The van der Waals surface area contributed by atoms with E-state index < -0.39 is 13.1 Å². The van der Waals surface area contributed by atoms with Gasteiger partial charge in [0.05, 0.1) is 0 Å². The second-order valence-corrected chi connectivity index (χ2v) is 16.3. The minimum atomic E-state index is -1.36. The molecule has 0 aromatic carbocycles. The van der Waals surface area contributed by atoms with E-state index in [4.69, 9.17) is 0 Å². The SMILES string of the molecule is CCCCCCC[CH2][Al-]([CH2]CCC)([CH2]CCCCCCC)[CH2]CCCCCCC. The minimum Gasteiger partial charge on any atom is -0.191 e. The van der Waals surface area contributed by atoms with Crippen LogP contribution in [-0.2, 0) is 0 Å². The summed E-state index contributed by atoms with van der Waals surface area (Å²) >= 11 is -1.36. The molecule has 0 aliphatic carbocycles. The molecule has 0 saturated heterocycles. The molecule has 0 bridgehead atoms. The Kier molecular flexibility index (Phi) is 23.6. The van der Waals surface area contributed by atoms with Crippen LogP contribution in [0.5, 0.6) is 0 Å². The molecule has 0 amide bonds. The van der Waals surface area contributed by atoms with Gasteiger partial charge in [-0.25, -0.2) is 0 Å². The van der Waals surface area contributed by atoms with Crippen molar-refractivity contribution in [2.75, 3.05) is 0 Å². The molecule has 0 fully saturated rings. The summed E-state index contributed by atoms with van der Waals surface area (Å²) in [5.74, 6) is 0. The molecule has 0 nitrogen and oxygen atoms in total. The molecule has 0 aliphatic rings. The summed E-state index contributed by atoms with van der Waals surface area (Å²) in [4.78, 5) is 0. The van der Waals surface area contributed by atoms with Gasteiger partial charge in [0.25, 0.3) is 0 Å². The van der Waals surface area contributed by atoms with Crippen LogP contribution in [0.4, 0.5) is 0 Å². The Bertz CT molecular complexity index is 258. The summed E-state index contributed by atoms with van der Waals surface area (Å²) in [6.07, 6.45) is 29.7. The van der Waals surface area contributed by atoms with Crippen molar-refractivity contribution in [2.24, 2.45) is 0 Å². The molecule has 0 unspecified atom stereocenters. The summed E-state index contributed by atoms with van der Waals surface area (Å²) in [5.41, 5.74) is 0. The van der Waals surface area contributed by atoms with E-state index in [-0.39, 0.29) is 0 Å². The average molecular weight is 424 g/mol. The molecule has 29 heavy (non-hydrogen) atoms. The van der Waals surface area contributed by atoms with Crippen LogP contribution in [0.2, 0.25) is 21.1 Å². The highest BCUT2D eigenvalue weighted by molar-refractivity contribution is 6.79. The van der Waals surface area contributed by atoms with E-state index in [0.717, 1.165) is 0 Å². The lowest BCUT2D eigenvalue weighted by Crippen LogP contribution is -2.33. The van der Waals surface area contributed by atoms with E-state index in [2.05, 4.69) is 27.7 Å². The third kappa shape index (κ3) is 19.0. The molecule has 0 heterocycles. The van der Waals surface area contributed by atoms with Gasteiger partial charge in [-0.05, 0) is 0 Å². The van der Waals surface area contributed by atoms with E-state index in [1.165, 1.54) is 109 Å². The molecule has 0 atom stereocenters. The van der Waals surface area contributed by atoms with Crippen LogP contribution >= 0.6 is 0 Å². The molecule has 0 spiro atoms. The zero-order chi connectivity index (χ0) is 21.5. The first-order valence-corrected chi connectivity index (χ1v) is 17.7. The third-order valence-electron chi connectivity index (χ3n) is 7.68. The average Bonchev–Trinajstić information content (AvgIpc) is 2.74. The topological polar surface area (TPSA) is 0 Å². The van der Waals surface area contributed by atoms with Crippen molar-refractivity contribution in [3.05, 3.63) is 0 Å². The number of unbranched alkanes of at least 4 members (excludes halogenated alkanes) is 16. The Morgan fingerprint density at radius 1 is 0.276 bits per heavy atom. The van der Waals surface area contributed by atoms with Crippen molar-refractivity contribution in [3.8, 4) is 0 Å². The van der Waals surface area contributed by atoms with Crippen LogP contribution in [0.25, 0.3) is 0 Å². The molecule has 0 aliphatic heterocycles. The largest absolute Gasteiger partial charge is 0.191 e. The molecule has 0 saturated carbocycles. The van der Waals surface area contributed by atoms with Crippen molar-refractivity contribution in [2.45, 2.75) is 177 Å². The molecule has 0 radical (unpaired) electrons. The van der Waals surface area contributed by atoms with E-state index in [9.17, 15) is 0 Å². The van der Waals surface area contributed by atoms with E-state index in [0.29, 0.717) is 0 Å². The monoisotopic (exact) mass is 423 g/mol. The summed E-state index contributed by atoms with van der Waals surface area (Å²) in [6.45, 7) is 9.44. The first-order valence-electron chi connectivity index (χ1n) is 14.5. The molecule has 0 aromatic rings. The van der Waals surface area contributed by atoms with E-state index in [1.807, 2.05) is 0 Å². The zero-order valence-corrected chi connectivity index (χ0v) is 22.7. The Labute approximate surface area is 190 Å². The molecule has 176 valence electrons. The Balaban J connectivity index is 4.52. The lowest BCUT2D eigenvalue weighted by Gasteiger charge is -2.37. The predicted octanol–water partition coefficient (Wildman–Crippen LogP) is 11.3. The Morgan fingerprint density at radius 2 is 0.517 bits per heavy atom. The van der Waals surface area contributed by atoms with Gasteiger partial charge >= 0.3 is 0 Å². The van der Waals surface area contributed by atoms with Gasteiger partial charge in [0.2, 0.25) is 0 Å². The lowest BCUT2D eigenvalue weighted by atomic mass is 10.1. The highest BCUT2D eigenvalue weighted by atomic mass is 27.2. The highest BCUT2D eigenvalue weighted by Gasteiger charge is 2.26. The molecule has 0 rings (SSSR count). The first kappa shape index (κ1) is 29.5. The number of hydrogen-bond donors (Lipinski definition) is 0. The van der Waals surface area contributed by atoms with Crippen molar-refractivity contribution in [1.29, 1.82) is 0 Å². The van der Waals surface area contributed by atoms with Gasteiger partial charge in [0, 0.05) is 0 Å². The summed E-state index contributed by atoms with van der Waals surface area (Å²) in [5, 5.41) is 6.78. The second-order valence-electron chi connectivity index (χ2n) is 10.5. The minimum absolute atomic E-state index is 1.36. The Hall–Kier alpha value is 0.532. The number of rotatable bonds is 24. The lowest BCUT2D eigenvalue weighted by molar-refractivity contribution is 0.604. The van der Waals surface area contributed by atoms with Gasteiger partial charge in [-0.15, -0.1) is 0 Å². The molecular formula is C28H60Al-. The summed E-state index contributed by atoms with van der Waals surface area (Å²) in [6, 6.07) is 0. The van der Waals surface area contributed by atoms with Crippen LogP contribution in [0.1, 0.15) is 156 Å². The van der Waals surface area contributed by atoms with Crippen LogP contribution in [0, 0.1) is 0 Å². The fraction of sp³-hybridized carbons (Fsp3) is 1.00. The Morgan fingerprint density at radius 3 is 0.828 bits per heavy atom. The standard InChI is InChI=1S/3C8H17.C4H9.Al/c3*1-3-5-7-8-6-4-2;1-3-4-2;/h3*1,3-8H2,2H3;1,3-4H2,2H3;/q;;;;-1. The second kappa shape index (κ2) is 23.2. The fourth-order valence-electron chi connectivity index (χ4n) is 5.58. The van der Waals surface area contributed by atoms with Crippen molar-refractivity contribution >= 4 is 13.1 Å². The van der Waals surface area contributed by atoms with Crippen LogP contribution in [-0.4, -0.2) is 13.1 Å². The number of hydrogen-bond acceptors (Lipinski definition) is 0. The quantitative estimate of drug-likeness (QED) is 0.107. The summed E-state index contributed by atoms with van der Waals surface area (Å²) in [7, 11) is 0. The molecule has 1 heteroatoms. The fourth-order valence-corrected chi connectivity index (χ4v) is 12.0. The maximum atomic E-state index is 2.42. The van der Waals surface area contributed by atoms with Crippen molar-refractivity contribution < 1.29 is 0 Å². The maximum absolute atomic E-state index is 2.42. The van der Waals surface area contributed by atoms with E-state index in [1.54, 1.807) is 40.4 Å². The van der Waals surface area contributed by atoms with Gasteiger partial charge < -0.3 is 0 Å². The van der Waals surface area contributed by atoms with Gasteiger partial charge in [-0.3, -0.25) is 0 Å². The third-order valence-corrected chi connectivity index (χ3v) is 14.2. The van der Waals surface area contributed by atoms with Crippen LogP contribution in [0.3, 0.4) is 0 Å². The summed E-state index contributed by atoms with van der Waals surface area (Å²) < 4.78 is 0. The molecular weight excluding hydrogens is 363 g/mol. The first-order chi connectivity index (χ1) is 14.2. The maximum Gasteiger partial charge on any atom is 0.134 e. The van der Waals surface area contributed by atoms with Crippen molar-refractivity contribution in [1.82, 2.24) is 0 Å².